The fourth-order valence-corrected chi connectivity index (χ4v) is 2.79. The van der Waals surface area contributed by atoms with Gasteiger partial charge in [0, 0.05) is 6.54 Å². The van der Waals surface area contributed by atoms with Crippen molar-refractivity contribution in [1.29, 1.82) is 0 Å². The van der Waals surface area contributed by atoms with Gasteiger partial charge in [0.1, 0.15) is 0 Å². The van der Waals surface area contributed by atoms with Gasteiger partial charge >= 0.3 is 0 Å². The SMILES string of the molecule is Cc1ccc(S(=O)(=O)CCNCCC(C)C)cc1. The number of aryl methyl sites for hydroxylation is 1. The largest absolute Gasteiger partial charge is 0.316 e. The van der Waals surface area contributed by atoms with E-state index in [1.807, 2.05) is 19.1 Å². The molecular weight excluding hydrogens is 246 g/mol. The molecule has 0 saturated heterocycles. The summed E-state index contributed by atoms with van der Waals surface area (Å²) in [4.78, 5) is 0.416. The zero-order chi connectivity index (χ0) is 13.6. The number of hydrogen-bond donors (Lipinski definition) is 1. The lowest BCUT2D eigenvalue weighted by atomic mass is 10.1. The van der Waals surface area contributed by atoms with Crippen molar-refractivity contribution in [2.75, 3.05) is 18.8 Å². The molecule has 0 spiro atoms. The Kier molecular flexibility index (Phi) is 5.82. The lowest BCUT2D eigenvalue weighted by molar-refractivity contribution is 0.543. The van der Waals surface area contributed by atoms with E-state index in [-0.39, 0.29) is 5.75 Å². The number of hydrogen-bond acceptors (Lipinski definition) is 3. The molecule has 0 aliphatic carbocycles. The van der Waals surface area contributed by atoms with Crippen LogP contribution in [0.4, 0.5) is 0 Å². The summed E-state index contributed by atoms with van der Waals surface area (Å²) < 4.78 is 24.0. The van der Waals surface area contributed by atoms with E-state index in [1.54, 1.807) is 12.1 Å². The van der Waals surface area contributed by atoms with Gasteiger partial charge in [-0.25, -0.2) is 8.42 Å². The lowest BCUT2D eigenvalue weighted by Crippen LogP contribution is -2.24. The first kappa shape index (κ1) is 15.2. The molecule has 102 valence electrons. The first-order valence-corrected chi connectivity index (χ1v) is 8.07. The van der Waals surface area contributed by atoms with E-state index in [2.05, 4.69) is 19.2 Å². The smallest absolute Gasteiger partial charge is 0.179 e. The van der Waals surface area contributed by atoms with Gasteiger partial charge in [-0.05, 0) is 37.9 Å². The fraction of sp³-hybridized carbons (Fsp3) is 0.571. The third kappa shape index (κ3) is 5.19. The maximum atomic E-state index is 12.0. The van der Waals surface area contributed by atoms with Gasteiger partial charge in [-0.1, -0.05) is 31.5 Å². The van der Waals surface area contributed by atoms with Gasteiger partial charge in [0.25, 0.3) is 0 Å². The molecule has 1 aromatic carbocycles. The highest BCUT2D eigenvalue weighted by Gasteiger charge is 2.13. The molecule has 0 unspecified atom stereocenters. The number of rotatable bonds is 7. The van der Waals surface area contributed by atoms with Crippen molar-refractivity contribution in [3.63, 3.8) is 0 Å². The van der Waals surface area contributed by atoms with E-state index in [9.17, 15) is 8.42 Å². The van der Waals surface area contributed by atoms with E-state index >= 15 is 0 Å². The molecule has 0 saturated carbocycles. The topological polar surface area (TPSA) is 46.2 Å². The van der Waals surface area contributed by atoms with Crippen molar-refractivity contribution in [2.45, 2.75) is 32.1 Å². The Bertz CT molecular complexity index is 449. The van der Waals surface area contributed by atoms with Crippen LogP contribution in [-0.4, -0.2) is 27.3 Å². The van der Waals surface area contributed by atoms with Gasteiger partial charge in [0.15, 0.2) is 9.84 Å². The molecule has 0 atom stereocenters. The van der Waals surface area contributed by atoms with Crippen LogP contribution in [0, 0.1) is 12.8 Å². The van der Waals surface area contributed by atoms with E-state index in [1.165, 1.54) is 0 Å². The summed E-state index contributed by atoms with van der Waals surface area (Å²) in [5, 5.41) is 3.17. The quantitative estimate of drug-likeness (QED) is 0.773. The first-order chi connectivity index (χ1) is 8.42. The lowest BCUT2D eigenvalue weighted by Gasteiger charge is -2.08. The molecule has 0 aliphatic rings. The van der Waals surface area contributed by atoms with E-state index in [0.29, 0.717) is 17.4 Å². The van der Waals surface area contributed by atoms with Crippen LogP contribution in [-0.2, 0) is 9.84 Å². The minimum Gasteiger partial charge on any atom is -0.316 e. The van der Waals surface area contributed by atoms with Crippen LogP contribution >= 0.6 is 0 Å². The zero-order valence-corrected chi connectivity index (χ0v) is 12.3. The molecule has 0 aromatic heterocycles. The molecule has 18 heavy (non-hydrogen) atoms. The van der Waals surface area contributed by atoms with Gasteiger partial charge < -0.3 is 5.32 Å². The minimum absolute atomic E-state index is 0.161. The molecule has 0 bridgehead atoms. The first-order valence-electron chi connectivity index (χ1n) is 6.42. The maximum Gasteiger partial charge on any atom is 0.179 e. The van der Waals surface area contributed by atoms with Crippen molar-refractivity contribution < 1.29 is 8.42 Å². The van der Waals surface area contributed by atoms with E-state index < -0.39 is 9.84 Å². The number of benzene rings is 1. The van der Waals surface area contributed by atoms with Crippen LogP contribution in [0.15, 0.2) is 29.2 Å². The molecule has 0 radical (unpaired) electrons. The summed E-state index contributed by atoms with van der Waals surface area (Å²) in [5.41, 5.74) is 1.07. The Balaban J connectivity index is 2.43. The Morgan fingerprint density at radius 3 is 2.28 bits per heavy atom. The molecule has 0 aliphatic heterocycles. The van der Waals surface area contributed by atoms with Gasteiger partial charge in [-0.3, -0.25) is 0 Å². The van der Waals surface area contributed by atoms with Crippen molar-refractivity contribution in [3.8, 4) is 0 Å². The zero-order valence-electron chi connectivity index (χ0n) is 11.4. The van der Waals surface area contributed by atoms with Crippen LogP contribution in [0.3, 0.4) is 0 Å². The third-order valence-corrected chi connectivity index (χ3v) is 4.56. The maximum absolute atomic E-state index is 12.0. The number of nitrogens with one attached hydrogen (secondary N) is 1. The molecule has 0 heterocycles. The van der Waals surface area contributed by atoms with Gasteiger partial charge in [0.2, 0.25) is 0 Å². The standard InChI is InChI=1S/C14H23NO2S/c1-12(2)8-9-15-10-11-18(16,17)14-6-4-13(3)5-7-14/h4-7,12,15H,8-11H2,1-3H3. The molecule has 3 nitrogen and oxygen atoms in total. The molecule has 4 heteroatoms. The molecule has 0 fully saturated rings. The summed E-state index contributed by atoms with van der Waals surface area (Å²) in [6.07, 6.45) is 1.07. The Hall–Kier alpha value is -0.870. The monoisotopic (exact) mass is 269 g/mol. The summed E-state index contributed by atoms with van der Waals surface area (Å²) in [6.45, 7) is 7.66. The second-order valence-corrected chi connectivity index (χ2v) is 7.17. The van der Waals surface area contributed by atoms with Gasteiger partial charge in [-0.2, -0.15) is 0 Å². The van der Waals surface area contributed by atoms with Crippen molar-refractivity contribution in [1.82, 2.24) is 5.32 Å². The second-order valence-electron chi connectivity index (χ2n) is 5.06. The van der Waals surface area contributed by atoms with Crippen molar-refractivity contribution >= 4 is 9.84 Å². The van der Waals surface area contributed by atoms with Crippen LogP contribution in [0.25, 0.3) is 0 Å². The summed E-state index contributed by atoms with van der Waals surface area (Å²) >= 11 is 0. The highest BCUT2D eigenvalue weighted by Crippen LogP contribution is 2.11. The predicted molar refractivity (Wildman–Crippen MR) is 75.6 cm³/mol. The molecule has 1 N–H and O–H groups in total. The van der Waals surface area contributed by atoms with Crippen molar-refractivity contribution in [3.05, 3.63) is 29.8 Å². The highest BCUT2D eigenvalue weighted by molar-refractivity contribution is 7.91. The average molecular weight is 269 g/mol. The summed E-state index contributed by atoms with van der Waals surface area (Å²) in [6, 6.07) is 7.02. The molecule has 0 amide bonds. The third-order valence-electron chi connectivity index (χ3n) is 2.83. The Labute approximate surface area is 111 Å². The molecular formula is C14H23NO2S. The second kappa shape index (κ2) is 6.90. The normalized spacial score (nSPS) is 12.0. The summed E-state index contributed by atoms with van der Waals surface area (Å²) in [5.74, 6) is 0.806. The Morgan fingerprint density at radius 2 is 1.72 bits per heavy atom. The Morgan fingerprint density at radius 1 is 1.11 bits per heavy atom. The van der Waals surface area contributed by atoms with E-state index in [0.717, 1.165) is 18.5 Å². The number of sulfone groups is 1. The summed E-state index contributed by atoms with van der Waals surface area (Å²) in [7, 11) is -3.14. The molecule has 1 aromatic rings. The van der Waals surface area contributed by atoms with E-state index in [4.69, 9.17) is 0 Å². The fourth-order valence-electron chi connectivity index (χ4n) is 1.59. The van der Waals surface area contributed by atoms with Crippen LogP contribution in [0.2, 0.25) is 0 Å². The van der Waals surface area contributed by atoms with Crippen LogP contribution in [0.5, 0.6) is 0 Å². The van der Waals surface area contributed by atoms with Crippen LogP contribution in [0.1, 0.15) is 25.8 Å². The van der Waals surface area contributed by atoms with Gasteiger partial charge in [0.05, 0.1) is 10.6 Å². The van der Waals surface area contributed by atoms with Crippen LogP contribution < -0.4 is 5.32 Å². The van der Waals surface area contributed by atoms with Crippen molar-refractivity contribution in [2.24, 2.45) is 5.92 Å². The average Bonchev–Trinajstić information content (AvgIpc) is 2.28. The predicted octanol–water partition coefficient (Wildman–Crippen LogP) is 2.40. The highest BCUT2D eigenvalue weighted by atomic mass is 32.2. The molecule has 1 rings (SSSR count). The van der Waals surface area contributed by atoms with Gasteiger partial charge in [-0.15, -0.1) is 0 Å². The minimum atomic E-state index is -3.14.